The van der Waals surface area contributed by atoms with Crippen molar-refractivity contribution in [2.45, 2.75) is 19.9 Å². The van der Waals surface area contributed by atoms with Crippen LogP contribution in [-0.4, -0.2) is 15.9 Å². The van der Waals surface area contributed by atoms with Crippen LogP contribution in [0.4, 0.5) is 0 Å². The fourth-order valence-corrected chi connectivity index (χ4v) is 3.31. The number of benzene rings is 1. The molecule has 1 aromatic carbocycles. The van der Waals surface area contributed by atoms with E-state index in [9.17, 15) is 4.79 Å². The third kappa shape index (κ3) is 3.46. The Kier molecular flexibility index (Phi) is 4.48. The smallest absolute Gasteiger partial charge is 0.271 e. The molecule has 0 saturated heterocycles. The van der Waals surface area contributed by atoms with Gasteiger partial charge in [0.15, 0.2) is 0 Å². The lowest BCUT2D eigenvalue weighted by Gasteiger charge is -2.19. The summed E-state index contributed by atoms with van der Waals surface area (Å²) in [5, 5.41) is 3.99. The molecule has 1 atom stereocenters. The van der Waals surface area contributed by atoms with E-state index >= 15 is 0 Å². The molecule has 0 bridgehead atoms. The van der Waals surface area contributed by atoms with Crippen LogP contribution in [0.5, 0.6) is 0 Å². The molecule has 0 radical (unpaired) electrons. The van der Waals surface area contributed by atoms with Gasteiger partial charge in [0.1, 0.15) is 5.69 Å². The van der Waals surface area contributed by atoms with Crippen molar-refractivity contribution in [1.29, 1.82) is 0 Å². The van der Waals surface area contributed by atoms with Crippen LogP contribution in [-0.2, 0) is 0 Å². The van der Waals surface area contributed by atoms with Gasteiger partial charge in [-0.15, -0.1) is 11.3 Å². The Hall–Kier alpha value is -2.53. The maximum atomic E-state index is 12.7. The third-order valence-corrected chi connectivity index (χ3v) is 4.45. The van der Waals surface area contributed by atoms with E-state index in [0.29, 0.717) is 5.69 Å². The summed E-state index contributed by atoms with van der Waals surface area (Å²) in [6, 6.07) is 13.5. The van der Waals surface area contributed by atoms with Crippen LogP contribution in [0.1, 0.15) is 37.5 Å². The molecule has 0 aliphatic carbocycles. The maximum absolute atomic E-state index is 12.7. The number of nitrogens with zero attached hydrogens (tertiary/aromatic N) is 2. The zero-order valence-corrected chi connectivity index (χ0v) is 13.8. The number of rotatable bonds is 4. The second kappa shape index (κ2) is 6.71. The molecule has 0 fully saturated rings. The van der Waals surface area contributed by atoms with Gasteiger partial charge in [-0.05, 0) is 37.1 Å². The fraction of sp³-hybridized carbons (Fsp3) is 0.167. The van der Waals surface area contributed by atoms with Crippen LogP contribution in [0.25, 0.3) is 0 Å². The van der Waals surface area contributed by atoms with E-state index in [1.807, 2.05) is 56.3 Å². The van der Waals surface area contributed by atoms with E-state index in [-0.39, 0.29) is 11.9 Å². The molecule has 0 spiro atoms. The summed E-state index contributed by atoms with van der Waals surface area (Å²) >= 11 is 1.53. The molecule has 1 N–H and O–H groups in total. The second-order valence-electron chi connectivity index (χ2n) is 5.24. The molecule has 0 saturated carbocycles. The minimum absolute atomic E-state index is 0.155. The number of hydrogen-bond acceptors (Lipinski definition) is 4. The summed E-state index contributed by atoms with van der Waals surface area (Å²) in [6.07, 6.45) is 3.46. The summed E-state index contributed by atoms with van der Waals surface area (Å²) in [7, 11) is 0. The summed E-state index contributed by atoms with van der Waals surface area (Å²) < 4.78 is 0. The molecule has 3 aromatic rings. The Bertz CT molecular complexity index is 760. The molecular weight excluding hydrogens is 306 g/mol. The normalized spacial score (nSPS) is 11.9. The van der Waals surface area contributed by atoms with Crippen molar-refractivity contribution in [3.8, 4) is 0 Å². The number of carbonyl (C=O) groups excluding carboxylic acids is 1. The van der Waals surface area contributed by atoms with Crippen molar-refractivity contribution in [3.05, 3.63) is 81.6 Å². The largest absolute Gasteiger partial charge is 0.340 e. The topological polar surface area (TPSA) is 54.9 Å². The number of nitrogens with one attached hydrogen (secondary N) is 1. The molecule has 2 aromatic heterocycles. The highest BCUT2D eigenvalue weighted by Gasteiger charge is 2.20. The van der Waals surface area contributed by atoms with E-state index in [2.05, 4.69) is 15.3 Å². The summed E-state index contributed by atoms with van der Waals surface area (Å²) in [6.45, 7) is 3.83. The monoisotopic (exact) mass is 323 g/mol. The van der Waals surface area contributed by atoms with Gasteiger partial charge in [-0.1, -0.05) is 30.3 Å². The van der Waals surface area contributed by atoms with Crippen LogP contribution in [0.3, 0.4) is 0 Å². The van der Waals surface area contributed by atoms with Gasteiger partial charge in [-0.25, -0.2) is 4.98 Å². The number of aryl methyl sites for hydroxylation is 2. The quantitative estimate of drug-likeness (QED) is 0.797. The highest BCUT2D eigenvalue weighted by atomic mass is 32.1. The van der Waals surface area contributed by atoms with Gasteiger partial charge < -0.3 is 5.32 Å². The number of amides is 1. The molecule has 0 aliphatic rings. The molecular formula is C18H17N3OS. The Morgan fingerprint density at radius 2 is 1.70 bits per heavy atom. The van der Waals surface area contributed by atoms with Gasteiger partial charge in [0.25, 0.3) is 5.91 Å². The highest BCUT2D eigenvalue weighted by molar-refractivity contribution is 7.11. The Labute approximate surface area is 139 Å². The summed E-state index contributed by atoms with van der Waals surface area (Å²) in [5.41, 5.74) is 2.52. The van der Waals surface area contributed by atoms with Crippen molar-refractivity contribution in [2.75, 3.05) is 0 Å². The molecule has 23 heavy (non-hydrogen) atoms. The standard InChI is InChI=1S/C18H17N3OS/c1-12-16(20-13(2)23-12)18(22)21-17(14-6-4-3-5-7-14)15-8-10-19-11-9-15/h3-11,17H,1-2H3,(H,21,22). The number of aromatic nitrogens is 2. The van der Waals surface area contributed by atoms with Gasteiger partial charge in [0.2, 0.25) is 0 Å². The van der Waals surface area contributed by atoms with Gasteiger partial charge in [-0.2, -0.15) is 0 Å². The van der Waals surface area contributed by atoms with Crippen LogP contribution in [0.2, 0.25) is 0 Å². The molecule has 3 rings (SSSR count). The van der Waals surface area contributed by atoms with E-state index in [1.165, 1.54) is 11.3 Å². The van der Waals surface area contributed by atoms with Gasteiger partial charge in [0, 0.05) is 17.3 Å². The van der Waals surface area contributed by atoms with E-state index in [4.69, 9.17) is 0 Å². The minimum atomic E-state index is -0.229. The molecule has 2 heterocycles. The lowest BCUT2D eigenvalue weighted by Crippen LogP contribution is -2.30. The predicted octanol–water partition coefficient (Wildman–Crippen LogP) is 3.67. The van der Waals surface area contributed by atoms with Crippen molar-refractivity contribution in [1.82, 2.24) is 15.3 Å². The summed E-state index contributed by atoms with van der Waals surface area (Å²) in [4.78, 5) is 22.0. The van der Waals surface area contributed by atoms with E-state index in [0.717, 1.165) is 21.0 Å². The highest BCUT2D eigenvalue weighted by Crippen LogP contribution is 2.23. The van der Waals surface area contributed by atoms with E-state index < -0.39 is 0 Å². The maximum Gasteiger partial charge on any atom is 0.271 e. The lowest BCUT2D eigenvalue weighted by atomic mass is 9.99. The van der Waals surface area contributed by atoms with Crippen LogP contribution < -0.4 is 5.32 Å². The second-order valence-corrected chi connectivity index (χ2v) is 6.64. The predicted molar refractivity (Wildman–Crippen MR) is 91.6 cm³/mol. The number of pyridine rings is 1. The first-order valence-corrected chi connectivity index (χ1v) is 8.16. The number of carbonyl (C=O) groups is 1. The van der Waals surface area contributed by atoms with Crippen LogP contribution in [0.15, 0.2) is 54.9 Å². The van der Waals surface area contributed by atoms with Gasteiger partial charge >= 0.3 is 0 Å². The first kappa shape index (κ1) is 15.4. The summed E-state index contributed by atoms with van der Waals surface area (Å²) in [5.74, 6) is -0.155. The Morgan fingerprint density at radius 3 is 2.30 bits per heavy atom. The Balaban J connectivity index is 1.93. The Morgan fingerprint density at radius 1 is 1.04 bits per heavy atom. The average Bonchev–Trinajstić information content (AvgIpc) is 2.92. The first-order valence-electron chi connectivity index (χ1n) is 7.35. The fourth-order valence-electron chi connectivity index (χ4n) is 2.50. The van der Waals surface area contributed by atoms with E-state index in [1.54, 1.807) is 12.4 Å². The van der Waals surface area contributed by atoms with Crippen molar-refractivity contribution < 1.29 is 4.79 Å². The molecule has 1 unspecified atom stereocenters. The van der Waals surface area contributed by atoms with Gasteiger partial charge in [0.05, 0.1) is 11.0 Å². The number of thiazole rings is 1. The SMILES string of the molecule is Cc1nc(C(=O)NC(c2ccccc2)c2ccncc2)c(C)s1. The van der Waals surface area contributed by atoms with Gasteiger partial charge in [-0.3, -0.25) is 9.78 Å². The van der Waals surface area contributed by atoms with Crippen molar-refractivity contribution in [2.24, 2.45) is 0 Å². The van der Waals surface area contributed by atoms with Crippen LogP contribution >= 0.6 is 11.3 Å². The third-order valence-electron chi connectivity index (χ3n) is 3.57. The number of hydrogen-bond donors (Lipinski definition) is 1. The zero-order valence-electron chi connectivity index (χ0n) is 13.0. The molecule has 0 aliphatic heterocycles. The molecule has 1 amide bonds. The van der Waals surface area contributed by atoms with Crippen molar-refractivity contribution in [3.63, 3.8) is 0 Å². The van der Waals surface area contributed by atoms with Crippen LogP contribution in [0, 0.1) is 13.8 Å². The molecule has 4 nitrogen and oxygen atoms in total. The molecule has 5 heteroatoms. The average molecular weight is 323 g/mol. The molecule has 116 valence electrons. The zero-order chi connectivity index (χ0) is 16.2. The minimum Gasteiger partial charge on any atom is -0.340 e. The first-order chi connectivity index (χ1) is 11.1. The van der Waals surface area contributed by atoms with Crippen molar-refractivity contribution >= 4 is 17.2 Å². The lowest BCUT2D eigenvalue weighted by molar-refractivity contribution is 0.0938.